The molecule has 9 heteroatoms. The lowest BCUT2D eigenvalue weighted by molar-refractivity contribution is -0.140. The highest BCUT2D eigenvalue weighted by Crippen LogP contribution is 2.41. The lowest BCUT2D eigenvalue weighted by atomic mass is 9.80. The van der Waals surface area contributed by atoms with Crippen LogP contribution in [0, 0.1) is 11.3 Å². The molecule has 2 atom stereocenters. The van der Waals surface area contributed by atoms with Crippen molar-refractivity contribution < 1.29 is 19.1 Å². The summed E-state index contributed by atoms with van der Waals surface area (Å²) in [6.07, 6.45) is 4.25. The van der Waals surface area contributed by atoms with E-state index in [1.165, 1.54) is 13.4 Å². The number of nitrogens with one attached hydrogen (secondary N) is 1. The molecule has 4 rings (SSSR count). The van der Waals surface area contributed by atoms with E-state index in [9.17, 15) is 9.59 Å². The highest BCUT2D eigenvalue weighted by Gasteiger charge is 2.55. The van der Waals surface area contributed by atoms with Gasteiger partial charge in [0, 0.05) is 32.0 Å². The van der Waals surface area contributed by atoms with Gasteiger partial charge in [0.05, 0.1) is 31.4 Å². The number of benzene rings is 1. The molecule has 1 amide bonds. The van der Waals surface area contributed by atoms with Crippen LogP contribution >= 0.6 is 0 Å². The van der Waals surface area contributed by atoms with E-state index in [2.05, 4.69) is 20.3 Å². The van der Waals surface area contributed by atoms with Crippen LogP contribution < -0.4 is 5.32 Å². The van der Waals surface area contributed by atoms with Crippen molar-refractivity contribution in [2.45, 2.75) is 19.4 Å². The Balaban J connectivity index is 1.39. The van der Waals surface area contributed by atoms with Crippen LogP contribution in [0.4, 0.5) is 0 Å². The van der Waals surface area contributed by atoms with Crippen molar-refractivity contribution in [3.05, 3.63) is 42.5 Å². The number of hydrogen-bond acceptors (Lipinski definition) is 7. The van der Waals surface area contributed by atoms with Crippen LogP contribution in [-0.2, 0) is 25.6 Å². The number of aromatic nitrogens is 3. The number of fused-ring (bicyclic) bond motifs is 1. The molecule has 1 aromatic carbocycles. The van der Waals surface area contributed by atoms with Gasteiger partial charge in [0.15, 0.2) is 0 Å². The minimum atomic E-state index is -0.534. The maximum atomic E-state index is 13.3. The van der Waals surface area contributed by atoms with E-state index in [0.717, 1.165) is 30.8 Å². The second-order valence-corrected chi connectivity index (χ2v) is 7.93. The number of amides is 1. The minimum absolute atomic E-state index is 0.0221. The topological polar surface area (TPSA) is 98.6 Å². The van der Waals surface area contributed by atoms with Crippen LogP contribution in [0.25, 0.3) is 5.69 Å². The average molecular weight is 413 g/mol. The Labute approximate surface area is 175 Å². The third-order valence-electron chi connectivity index (χ3n) is 6.08. The molecule has 2 aliphatic rings. The Bertz CT molecular complexity index is 887. The van der Waals surface area contributed by atoms with Crippen LogP contribution in [0.1, 0.15) is 18.4 Å². The summed E-state index contributed by atoms with van der Waals surface area (Å²) in [6, 6.07) is 7.81. The van der Waals surface area contributed by atoms with Crippen molar-refractivity contribution in [2.75, 3.05) is 40.0 Å². The van der Waals surface area contributed by atoms with Crippen LogP contribution in [0.3, 0.4) is 0 Å². The van der Waals surface area contributed by atoms with Crippen LogP contribution in [0.15, 0.2) is 36.9 Å². The molecule has 2 aromatic rings. The van der Waals surface area contributed by atoms with Crippen molar-refractivity contribution in [3.63, 3.8) is 0 Å². The van der Waals surface area contributed by atoms with E-state index >= 15 is 0 Å². The van der Waals surface area contributed by atoms with Gasteiger partial charge in [-0.1, -0.05) is 18.2 Å². The summed E-state index contributed by atoms with van der Waals surface area (Å²) < 4.78 is 12.1. The average Bonchev–Trinajstić information content (AvgIpc) is 3.48. The molecule has 1 aromatic heterocycles. The number of hydrogen-bond donors (Lipinski definition) is 1. The molecule has 0 saturated carbocycles. The minimum Gasteiger partial charge on any atom is -0.469 e. The number of ether oxygens (including phenoxy) is 2. The molecule has 160 valence electrons. The molecule has 0 unspecified atom stereocenters. The number of likely N-dealkylation sites (tertiary alicyclic amines) is 1. The van der Waals surface area contributed by atoms with Gasteiger partial charge >= 0.3 is 5.97 Å². The van der Waals surface area contributed by atoms with Gasteiger partial charge in [-0.25, -0.2) is 9.67 Å². The Morgan fingerprint density at radius 3 is 3.03 bits per heavy atom. The Hall–Kier alpha value is -2.78. The molecule has 2 fully saturated rings. The fourth-order valence-corrected chi connectivity index (χ4v) is 4.45. The van der Waals surface area contributed by atoms with E-state index in [1.54, 1.807) is 11.0 Å². The lowest BCUT2D eigenvalue weighted by Crippen LogP contribution is -2.46. The summed E-state index contributed by atoms with van der Waals surface area (Å²) in [5.74, 6) is -0.00808. The maximum absolute atomic E-state index is 13.3. The molecule has 30 heavy (non-hydrogen) atoms. The Morgan fingerprint density at radius 2 is 2.23 bits per heavy atom. The van der Waals surface area contributed by atoms with Gasteiger partial charge in [0.2, 0.25) is 5.91 Å². The van der Waals surface area contributed by atoms with Gasteiger partial charge in [0.25, 0.3) is 0 Å². The molecule has 0 bridgehead atoms. The third-order valence-corrected chi connectivity index (χ3v) is 6.08. The molecular formula is C21H27N5O4. The zero-order valence-corrected chi connectivity index (χ0v) is 17.1. The van der Waals surface area contributed by atoms with Gasteiger partial charge in [0.1, 0.15) is 12.7 Å². The number of para-hydroxylation sites is 1. The van der Waals surface area contributed by atoms with E-state index in [4.69, 9.17) is 9.47 Å². The summed E-state index contributed by atoms with van der Waals surface area (Å²) >= 11 is 0. The number of methoxy groups -OCH3 is 1. The zero-order valence-electron chi connectivity index (χ0n) is 17.1. The van der Waals surface area contributed by atoms with E-state index in [1.807, 2.05) is 24.3 Å². The molecule has 0 aliphatic carbocycles. The van der Waals surface area contributed by atoms with E-state index in [0.29, 0.717) is 32.7 Å². The maximum Gasteiger partial charge on any atom is 0.305 e. The molecule has 2 saturated heterocycles. The number of nitrogens with zero attached hydrogens (tertiary/aromatic N) is 4. The van der Waals surface area contributed by atoms with Gasteiger partial charge < -0.3 is 19.7 Å². The number of carbonyl (C=O) groups is 2. The highest BCUT2D eigenvalue weighted by atomic mass is 16.5. The quantitative estimate of drug-likeness (QED) is 0.639. The second kappa shape index (κ2) is 8.93. The molecule has 1 N–H and O–H groups in total. The molecule has 3 heterocycles. The molecule has 0 spiro atoms. The summed E-state index contributed by atoms with van der Waals surface area (Å²) in [5.41, 5.74) is 1.33. The van der Waals surface area contributed by atoms with Crippen molar-refractivity contribution >= 4 is 11.9 Å². The van der Waals surface area contributed by atoms with Crippen LogP contribution in [0.2, 0.25) is 0 Å². The van der Waals surface area contributed by atoms with Crippen molar-refractivity contribution in [3.8, 4) is 5.69 Å². The smallest absolute Gasteiger partial charge is 0.305 e. The third kappa shape index (κ3) is 4.08. The molecular weight excluding hydrogens is 386 g/mol. The fraction of sp³-hybridized carbons (Fsp3) is 0.524. The number of carbonyl (C=O) groups excluding carboxylic acids is 2. The Morgan fingerprint density at radius 1 is 1.37 bits per heavy atom. The van der Waals surface area contributed by atoms with Crippen molar-refractivity contribution in [2.24, 2.45) is 11.3 Å². The molecule has 0 radical (unpaired) electrons. The number of rotatable bonds is 8. The van der Waals surface area contributed by atoms with Gasteiger partial charge in [-0.2, -0.15) is 5.10 Å². The Kier molecular flexibility index (Phi) is 6.10. The lowest BCUT2D eigenvalue weighted by Gasteiger charge is -2.26. The second-order valence-electron chi connectivity index (χ2n) is 7.93. The molecule has 9 nitrogen and oxygen atoms in total. The first-order valence-electron chi connectivity index (χ1n) is 10.2. The van der Waals surface area contributed by atoms with Gasteiger partial charge in [-0.15, -0.1) is 0 Å². The SMILES string of the molecule is COC(=O)CCCN1C[C@H]2COC[C@@]2(C(=O)NCc2ccccc2-n2cncn2)C1. The van der Waals surface area contributed by atoms with E-state index < -0.39 is 5.41 Å². The van der Waals surface area contributed by atoms with Crippen molar-refractivity contribution in [1.29, 1.82) is 0 Å². The zero-order chi connectivity index (χ0) is 21.0. The van der Waals surface area contributed by atoms with Gasteiger partial charge in [-0.3, -0.25) is 9.59 Å². The molecule has 2 aliphatic heterocycles. The summed E-state index contributed by atoms with van der Waals surface area (Å²) in [4.78, 5) is 30.9. The fourth-order valence-electron chi connectivity index (χ4n) is 4.45. The summed E-state index contributed by atoms with van der Waals surface area (Å²) in [6.45, 7) is 3.67. The van der Waals surface area contributed by atoms with E-state index in [-0.39, 0.29) is 17.8 Å². The monoisotopic (exact) mass is 413 g/mol. The van der Waals surface area contributed by atoms with Crippen LogP contribution in [-0.4, -0.2) is 71.5 Å². The first kappa shape index (κ1) is 20.5. The first-order chi connectivity index (χ1) is 14.6. The summed E-state index contributed by atoms with van der Waals surface area (Å²) in [5, 5.41) is 7.32. The highest BCUT2D eigenvalue weighted by molar-refractivity contribution is 5.84. The predicted octanol–water partition coefficient (Wildman–Crippen LogP) is 0.785. The standard InChI is InChI=1S/C21H27N5O4/c1-29-19(27)7-4-8-25-10-17-11-30-13-21(17,12-25)20(28)23-9-16-5-2-3-6-18(16)26-15-22-14-24-26/h2-3,5-6,14-15,17H,4,7-13H2,1H3,(H,23,28)/t17-,21-/m0/s1. The van der Waals surface area contributed by atoms with Gasteiger partial charge in [-0.05, 0) is 24.6 Å². The largest absolute Gasteiger partial charge is 0.469 e. The normalized spacial score (nSPS) is 23.3. The van der Waals surface area contributed by atoms with Crippen LogP contribution in [0.5, 0.6) is 0 Å². The predicted molar refractivity (Wildman–Crippen MR) is 108 cm³/mol. The number of esters is 1. The summed E-state index contributed by atoms with van der Waals surface area (Å²) in [7, 11) is 1.40. The van der Waals surface area contributed by atoms with Crippen molar-refractivity contribution in [1.82, 2.24) is 25.0 Å². The first-order valence-corrected chi connectivity index (χ1v) is 10.2.